The number of benzene rings is 1. The number of carbonyl (C=O) groups excluding carboxylic acids is 1. The molecule has 0 atom stereocenters. The van der Waals surface area contributed by atoms with E-state index in [-0.39, 0.29) is 12.6 Å². The average molecular weight is 364 g/mol. The van der Waals surface area contributed by atoms with Crippen LogP contribution in [-0.2, 0) is 6.54 Å². The number of urea groups is 1. The topological polar surface area (TPSA) is 74.5 Å². The van der Waals surface area contributed by atoms with Gasteiger partial charge in [0.25, 0.3) is 0 Å². The Balaban J connectivity index is 1.54. The molecule has 1 N–H and O–H groups in total. The van der Waals surface area contributed by atoms with Crippen LogP contribution in [0.5, 0.6) is 0 Å². The third-order valence-electron chi connectivity index (χ3n) is 4.26. The summed E-state index contributed by atoms with van der Waals surface area (Å²) in [5.74, 6) is 0.827. The van der Waals surface area contributed by atoms with Gasteiger partial charge in [-0.25, -0.2) is 4.79 Å². The summed E-state index contributed by atoms with van der Waals surface area (Å²) in [5.41, 5.74) is 0.779. The van der Waals surface area contributed by atoms with E-state index in [1.807, 2.05) is 17.0 Å². The van der Waals surface area contributed by atoms with Crippen molar-refractivity contribution in [3.8, 4) is 11.4 Å². The number of carbonyl (C=O) groups is 1. The summed E-state index contributed by atoms with van der Waals surface area (Å²) in [7, 11) is 0. The van der Waals surface area contributed by atoms with Crippen LogP contribution < -0.4 is 5.32 Å². The van der Waals surface area contributed by atoms with Gasteiger partial charge in [0.05, 0.1) is 6.54 Å². The smallest absolute Gasteiger partial charge is 0.317 e. The quantitative estimate of drug-likeness (QED) is 0.903. The summed E-state index contributed by atoms with van der Waals surface area (Å²) in [6.07, 6.45) is 0.987. The van der Waals surface area contributed by atoms with Gasteiger partial charge < -0.3 is 19.6 Å². The van der Waals surface area contributed by atoms with Crippen LogP contribution in [0.3, 0.4) is 0 Å². The molecule has 1 aromatic heterocycles. The molecular formula is C17H22ClN5O2. The van der Waals surface area contributed by atoms with Gasteiger partial charge in [-0.2, -0.15) is 4.98 Å². The molecule has 2 heterocycles. The van der Waals surface area contributed by atoms with Gasteiger partial charge in [0.15, 0.2) is 0 Å². The van der Waals surface area contributed by atoms with Gasteiger partial charge in [0, 0.05) is 30.2 Å². The van der Waals surface area contributed by atoms with Gasteiger partial charge in [-0.3, -0.25) is 0 Å². The second-order valence-electron chi connectivity index (χ2n) is 5.96. The van der Waals surface area contributed by atoms with E-state index in [1.54, 1.807) is 12.1 Å². The molecule has 0 radical (unpaired) electrons. The lowest BCUT2D eigenvalue weighted by Crippen LogP contribution is -2.41. The second-order valence-corrected chi connectivity index (χ2v) is 6.39. The molecule has 0 saturated carbocycles. The van der Waals surface area contributed by atoms with Crippen LogP contribution in [0.2, 0.25) is 5.02 Å². The largest absolute Gasteiger partial charge is 0.337 e. The first-order valence-corrected chi connectivity index (χ1v) is 8.87. The molecule has 2 aromatic rings. The molecule has 1 saturated heterocycles. The number of nitrogens with zero attached hydrogens (tertiary/aromatic N) is 4. The molecule has 2 amide bonds. The maximum absolute atomic E-state index is 12.3. The molecule has 1 aromatic carbocycles. The number of rotatable bonds is 4. The third-order valence-corrected chi connectivity index (χ3v) is 4.50. The van der Waals surface area contributed by atoms with Gasteiger partial charge in [0.1, 0.15) is 0 Å². The Morgan fingerprint density at radius 3 is 3.00 bits per heavy atom. The molecule has 0 spiro atoms. The van der Waals surface area contributed by atoms with Crippen LogP contribution in [0.25, 0.3) is 11.4 Å². The van der Waals surface area contributed by atoms with E-state index < -0.39 is 0 Å². The maximum atomic E-state index is 12.3. The van der Waals surface area contributed by atoms with Crippen LogP contribution in [0.4, 0.5) is 4.79 Å². The van der Waals surface area contributed by atoms with E-state index in [0.29, 0.717) is 16.7 Å². The highest BCUT2D eigenvalue weighted by molar-refractivity contribution is 6.30. The summed E-state index contributed by atoms with van der Waals surface area (Å²) >= 11 is 5.97. The van der Waals surface area contributed by atoms with E-state index in [1.165, 1.54) is 0 Å². The zero-order valence-electron chi connectivity index (χ0n) is 14.2. The molecule has 3 rings (SSSR count). The molecule has 0 bridgehead atoms. The Labute approximate surface area is 151 Å². The highest BCUT2D eigenvalue weighted by Crippen LogP contribution is 2.19. The first-order valence-electron chi connectivity index (χ1n) is 8.49. The SMILES string of the molecule is CCN1CCCN(C(=O)NCc2nc(-c3cccc(Cl)c3)no2)CC1. The molecule has 1 fully saturated rings. The van der Waals surface area contributed by atoms with Crippen molar-refractivity contribution in [2.24, 2.45) is 0 Å². The maximum Gasteiger partial charge on any atom is 0.317 e. The van der Waals surface area contributed by atoms with Gasteiger partial charge in [-0.15, -0.1) is 0 Å². The van der Waals surface area contributed by atoms with Crippen LogP contribution in [0, 0.1) is 0 Å². The van der Waals surface area contributed by atoms with Crippen LogP contribution in [0.15, 0.2) is 28.8 Å². The lowest BCUT2D eigenvalue weighted by atomic mass is 10.2. The van der Waals surface area contributed by atoms with Crippen molar-refractivity contribution in [2.45, 2.75) is 19.9 Å². The van der Waals surface area contributed by atoms with Gasteiger partial charge in [0.2, 0.25) is 11.7 Å². The fraction of sp³-hybridized carbons (Fsp3) is 0.471. The fourth-order valence-corrected chi connectivity index (χ4v) is 3.02. The predicted octanol–water partition coefficient (Wildman–Crippen LogP) is 2.63. The Morgan fingerprint density at radius 2 is 2.20 bits per heavy atom. The minimum absolute atomic E-state index is 0.0968. The van der Waals surface area contributed by atoms with Crippen molar-refractivity contribution in [3.05, 3.63) is 35.2 Å². The highest BCUT2D eigenvalue weighted by Gasteiger charge is 2.19. The zero-order valence-corrected chi connectivity index (χ0v) is 15.0. The Hall–Kier alpha value is -2.12. The van der Waals surface area contributed by atoms with Crippen molar-refractivity contribution in [1.29, 1.82) is 0 Å². The minimum Gasteiger partial charge on any atom is -0.337 e. The zero-order chi connectivity index (χ0) is 17.6. The number of aromatic nitrogens is 2. The molecule has 0 aliphatic carbocycles. The van der Waals surface area contributed by atoms with Crippen LogP contribution in [0.1, 0.15) is 19.2 Å². The van der Waals surface area contributed by atoms with Crippen molar-refractivity contribution >= 4 is 17.6 Å². The van der Waals surface area contributed by atoms with Crippen LogP contribution >= 0.6 is 11.6 Å². The predicted molar refractivity (Wildman–Crippen MR) is 95.3 cm³/mol. The van der Waals surface area contributed by atoms with Crippen molar-refractivity contribution in [3.63, 3.8) is 0 Å². The van der Waals surface area contributed by atoms with Crippen molar-refractivity contribution < 1.29 is 9.32 Å². The van der Waals surface area contributed by atoms with Gasteiger partial charge >= 0.3 is 6.03 Å². The number of nitrogens with one attached hydrogen (secondary N) is 1. The van der Waals surface area contributed by atoms with E-state index in [2.05, 4.69) is 27.3 Å². The number of hydrogen-bond donors (Lipinski definition) is 1. The van der Waals surface area contributed by atoms with E-state index >= 15 is 0 Å². The minimum atomic E-state index is -0.0968. The number of amides is 2. The standard InChI is InChI=1S/C17H22ClN5O2/c1-2-22-7-4-8-23(10-9-22)17(24)19-12-15-20-16(21-25-15)13-5-3-6-14(18)11-13/h3,5-6,11H,2,4,7-10,12H2,1H3,(H,19,24). The molecule has 0 unspecified atom stereocenters. The lowest BCUT2D eigenvalue weighted by Gasteiger charge is -2.21. The number of halogens is 1. The Bertz CT molecular complexity index is 721. The van der Waals surface area contributed by atoms with Crippen molar-refractivity contribution in [1.82, 2.24) is 25.3 Å². The monoisotopic (exact) mass is 363 g/mol. The van der Waals surface area contributed by atoms with Crippen molar-refractivity contribution in [2.75, 3.05) is 32.7 Å². The Kier molecular flexibility index (Phi) is 5.88. The van der Waals surface area contributed by atoms with Gasteiger partial charge in [-0.05, 0) is 31.6 Å². The number of hydrogen-bond acceptors (Lipinski definition) is 5. The average Bonchev–Trinajstić information content (AvgIpc) is 2.96. The third kappa shape index (κ3) is 4.70. The normalized spacial score (nSPS) is 15.8. The first kappa shape index (κ1) is 17.7. The lowest BCUT2D eigenvalue weighted by molar-refractivity contribution is 0.196. The van der Waals surface area contributed by atoms with E-state index in [0.717, 1.165) is 44.7 Å². The molecule has 1 aliphatic heterocycles. The summed E-state index contributed by atoms with van der Waals surface area (Å²) in [6.45, 7) is 6.81. The molecule has 134 valence electrons. The highest BCUT2D eigenvalue weighted by atomic mass is 35.5. The van der Waals surface area contributed by atoms with Crippen LogP contribution in [-0.4, -0.2) is 58.7 Å². The molecule has 25 heavy (non-hydrogen) atoms. The summed E-state index contributed by atoms with van der Waals surface area (Å²) in [4.78, 5) is 20.8. The fourth-order valence-electron chi connectivity index (χ4n) is 2.82. The molecule has 8 heteroatoms. The summed E-state index contributed by atoms with van der Waals surface area (Å²) < 4.78 is 5.21. The number of likely N-dealkylation sites (N-methyl/N-ethyl adjacent to an activating group) is 1. The Morgan fingerprint density at radius 1 is 1.32 bits per heavy atom. The van der Waals surface area contributed by atoms with Gasteiger partial charge in [-0.1, -0.05) is 35.8 Å². The second kappa shape index (κ2) is 8.31. The molecular weight excluding hydrogens is 342 g/mol. The summed E-state index contributed by atoms with van der Waals surface area (Å²) in [5, 5.41) is 7.40. The summed E-state index contributed by atoms with van der Waals surface area (Å²) in [6, 6.07) is 7.14. The molecule has 1 aliphatic rings. The molecule has 7 nitrogen and oxygen atoms in total. The first-order chi connectivity index (χ1) is 12.2. The van der Waals surface area contributed by atoms with E-state index in [9.17, 15) is 4.79 Å². The van der Waals surface area contributed by atoms with E-state index in [4.69, 9.17) is 16.1 Å².